The molecule has 0 saturated carbocycles. The van der Waals surface area contributed by atoms with Crippen LogP contribution >= 0.6 is 0 Å². The monoisotopic (exact) mass is 369 g/mol. The molecule has 0 aliphatic carbocycles. The van der Waals surface area contributed by atoms with Gasteiger partial charge in [-0.05, 0) is 48.4 Å². The second-order valence-corrected chi connectivity index (χ2v) is 6.31. The normalized spacial score (nSPS) is 10.6. The fourth-order valence-corrected chi connectivity index (χ4v) is 2.88. The number of aromatic nitrogens is 3. The number of amides is 1. The average Bonchev–Trinajstić information content (AvgIpc) is 2.75. The molecule has 0 unspecified atom stereocenters. The minimum absolute atomic E-state index is 0.236. The van der Waals surface area contributed by atoms with Gasteiger partial charge in [0.25, 0.3) is 5.91 Å². The van der Waals surface area contributed by atoms with Crippen molar-refractivity contribution in [3.05, 3.63) is 84.2 Å². The van der Waals surface area contributed by atoms with Crippen molar-refractivity contribution in [2.45, 2.75) is 13.3 Å². The van der Waals surface area contributed by atoms with Crippen molar-refractivity contribution in [1.82, 2.24) is 15.2 Å². The van der Waals surface area contributed by atoms with E-state index in [1.807, 2.05) is 42.5 Å². The summed E-state index contributed by atoms with van der Waals surface area (Å²) in [6.07, 6.45) is 2.70. The second-order valence-electron chi connectivity index (χ2n) is 6.31. The van der Waals surface area contributed by atoms with E-state index in [0.29, 0.717) is 11.5 Å². The highest BCUT2D eigenvalue weighted by Gasteiger charge is 2.11. The Labute approximate surface area is 162 Å². The van der Waals surface area contributed by atoms with Crippen LogP contribution in [0.1, 0.15) is 23.0 Å². The predicted molar refractivity (Wildman–Crippen MR) is 111 cm³/mol. The molecule has 4 rings (SSSR count). The summed E-state index contributed by atoms with van der Waals surface area (Å²) in [4.78, 5) is 16.9. The van der Waals surface area contributed by atoms with Gasteiger partial charge in [0.1, 0.15) is 0 Å². The molecule has 0 bridgehead atoms. The van der Waals surface area contributed by atoms with Gasteiger partial charge in [0, 0.05) is 17.3 Å². The standard InChI is InChI=1S/C22H19N5O/c1-2-15-8-10-17(11-9-15)24-20-13-12-19(26-27-20)22(28)25-18-7-3-5-16-6-4-14-23-21(16)18/h3-14H,2H2,1H3,(H,24,27)(H,25,28). The summed E-state index contributed by atoms with van der Waals surface area (Å²) in [6.45, 7) is 2.12. The number of pyridine rings is 1. The van der Waals surface area contributed by atoms with Gasteiger partial charge in [-0.3, -0.25) is 9.78 Å². The number of para-hydroxylation sites is 1. The molecule has 4 aromatic rings. The molecule has 6 nitrogen and oxygen atoms in total. The van der Waals surface area contributed by atoms with Gasteiger partial charge in [-0.25, -0.2) is 0 Å². The van der Waals surface area contributed by atoms with Gasteiger partial charge in [-0.2, -0.15) is 0 Å². The molecule has 0 aliphatic rings. The van der Waals surface area contributed by atoms with Crippen molar-refractivity contribution in [2.75, 3.05) is 10.6 Å². The Kier molecular flexibility index (Phi) is 4.93. The number of benzene rings is 2. The number of aryl methyl sites for hydroxylation is 1. The van der Waals surface area contributed by atoms with Crippen molar-refractivity contribution >= 4 is 34.0 Å². The van der Waals surface area contributed by atoms with Crippen LogP contribution in [0.3, 0.4) is 0 Å². The first-order valence-electron chi connectivity index (χ1n) is 9.08. The molecule has 0 atom stereocenters. The highest BCUT2D eigenvalue weighted by Crippen LogP contribution is 2.21. The summed E-state index contributed by atoms with van der Waals surface area (Å²) in [5, 5.41) is 15.1. The molecule has 2 aromatic carbocycles. The van der Waals surface area contributed by atoms with Crippen molar-refractivity contribution in [2.24, 2.45) is 0 Å². The third-order valence-electron chi connectivity index (χ3n) is 4.41. The lowest BCUT2D eigenvalue weighted by atomic mass is 10.1. The SMILES string of the molecule is CCc1ccc(Nc2ccc(C(=O)Nc3cccc4cccnc34)nn2)cc1. The first-order chi connectivity index (χ1) is 13.7. The Bertz CT molecular complexity index is 1100. The van der Waals surface area contributed by atoms with Crippen molar-refractivity contribution in [3.63, 3.8) is 0 Å². The smallest absolute Gasteiger partial charge is 0.276 e. The zero-order valence-electron chi connectivity index (χ0n) is 15.4. The highest BCUT2D eigenvalue weighted by atomic mass is 16.1. The maximum atomic E-state index is 12.5. The van der Waals surface area contributed by atoms with Gasteiger partial charge in [0.05, 0.1) is 11.2 Å². The van der Waals surface area contributed by atoms with Crippen LogP contribution in [0.15, 0.2) is 72.9 Å². The number of fused-ring (bicyclic) bond motifs is 1. The van der Waals surface area contributed by atoms with E-state index in [1.54, 1.807) is 18.3 Å². The van der Waals surface area contributed by atoms with E-state index in [-0.39, 0.29) is 11.6 Å². The molecular weight excluding hydrogens is 350 g/mol. The molecule has 1 amide bonds. The van der Waals surface area contributed by atoms with Crippen molar-refractivity contribution in [1.29, 1.82) is 0 Å². The van der Waals surface area contributed by atoms with Crippen LogP contribution in [0, 0.1) is 0 Å². The minimum atomic E-state index is -0.329. The summed E-state index contributed by atoms with van der Waals surface area (Å²) in [6, 6.07) is 21.0. The van der Waals surface area contributed by atoms with Crippen LogP contribution in [0.5, 0.6) is 0 Å². The molecule has 2 aromatic heterocycles. The Hall–Kier alpha value is -3.80. The van der Waals surface area contributed by atoms with Crippen LogP contribution in [0.4, 0.5) is 17.2 Å². The lowest BCUT2D eigenvalue weighted by Gasteiger charge is -2.08. The molecule has 28 heavy (non-hydrogen) atoms. The lowest BCUT2D eigenvalue weighted by Crippen LogP contribution is -2.15. The van der Waals surface area contributed by atoms with Crippen LogP contribution in [-0.2, 0) is 6.42 Å². The molecule has 0 saturated heterocycles. The number of hydrogen-bond acceptors (Lipinski definition) is 5. The number of carbonyl (C=O) groups is 1. The maximum absolute atomic E-state index is 12.5. The number of rotatable bonds is 5. The third-order valence-corrected chi connectivity index (χ3v) is 4.41. The zero-order valence-corrected chi connectivity index (χ0v) is 15.4. The largest absolute Gasteiger partial charge is 0.339 e. The Morgan fingerprint density at radius 2 is 1.75 bits per heavy atom. The molecule has 6 heteroatoms. The van der Waals surface area contributed by atoms with E-state index in [2.05, 4.69) is 44.9 Å². The Morgan fingerprint density at radius 1 is 0.929 bits per heavy atom. The number of carbonyl (C=O) groups excluding carboxylic acids is 1. The number of nitrogens with zero attached hydrogens (tertiary/aromatic N) is 3. The Morgan fingerprint density at radius 3 is 2.50 bits per heavy atom. The van der Waals surface area contributed by atoms with Gasteiger partial charge < -0.3 is 10.6 Å². The van der Waals surface area contributed by atoms with Crippen LogP contribution < -0.4 is 10.6 Å². The molecule has 0 spiro atoms. The van der Waals surface area contributed by atoms with E-state index in [0.717, 1.165) is 23.0 Å². The second kappa shape index (κ2) is 7.84. The third kappa shape index (κ3) is 3.81. The van der Waals surface area contributed by atoms with E-state index in [4.69, 9.17) is 0 Å². The zero-order chi connectivity index (χ0) is 19.3. The molecule has 0 radical (unpaired) electrons. The van der Waals surface area contributed by atoms with E-state index >= 15 is 0 Å². The molecule has 2 heterocycles. The van der Waals surface area contributed by atoms with E-state index in [9.17, 15) is 4.79 Å². The van der Waals surface area contributed by atoms with Gasteiger partial charge in [-0.1, -0.05) is 37.3 Å². The number of nitrogens with one attached hydrogen (secondary N) is 2. The highest BCUT2D eigenvalue weighted by molar-refractivity contribution is 6.07. The maximum Gasteiger partial charge on any atom is 0.276 e. The van der Waals surface area contributed by atoms with Gasteiger partial charge in [-0.15, -0.1) is 10.2 Å². The van der Waals surface area contributed by atoms with E-state index in [1.165, 1.54) is 5.56 Å². The van der Waals surface area contributed by atoms with Crippen LogP contribution in [0.2, 0.25) is 0 Å². The van der Waals surface area contributed by atoms with Gasteiger partial charge >= 0.3 is 0 Å². The summed E-state index contributed by atoms with van der Waals surface area (Å²) in [5.74, 6) is 0.247. The molecule has 0 fully saturated rings. The summed E-state index contributed by atoms with van der Waals surface area (Å²) in [7, 11) is 0. The molecule has 2 N–H and O–H groups in total. The Balaban J connectivity index is 1.47. The molecule has 0 aliphatic heterocycles. The number of hydrogen-bond donors (Lipinski definition) is 2. The molecular formula is C22H19N5O. The van der Waals surface area contributed by atoms with Crippen molar-refractivity contribution < 1.29 is 4.79 Å². The predicted octanol–water partition coefficient (Wildman–Crippen LogP) is 4.58. The first kappa shape index (κ1) is 17.6. The molecule has 138 valence electrons. The summed E-state index contributed by atoms with van der Waals surface area (Å²) < 4.78 is 0. The quantitative estimate of drug-likeness (QED) is 0.538. The minimum Gasteiger partial charge on any atom is -0.339 e. The first-order valence-corrected chi connectivity index (χ1v) is 9.08. The summed E-state index contributed by atoms with van der Waals surface area (Å²) >= 11 is 0. The van der Waals surface area contributed by atoms with Gasteiger partial charge in [0.15, 0.2) is 11.5 Å². The summed E-state index contributed by atoms with van der Waals surface area (Å²) in [5.41, 5.74) is 3.81. The topological polar surface area (TPSA) is 79.8 Å². The average molecular weight is 369 g/mol. The van der Waals surface area contributed by atoms with Gasteiger partial charge in [0.2, 0.25) is 0 Å². The lowest BCUT2D eigenvalue weighted by molar-refractivity contribution is 0.102. The van der Waals surface area contributed by atoms with Crippen LogP contribution in [0.25, 0.3) is 10.9 Å². The number of anilines is 3. The van der Waals surface area contributed by atoms with Crippen molar-refractivity contribution in [3.8, 4) is 0 Å². The van der Waals surface area contributed by atoms with Crippen LogP contribution in [-0.4, -0.2) is 21.1 Å². The van der Waals surface area contributed by atoms with E-state index < -0.39 is 0 Å². The fourth-order valence-electron chi connectivity index (χ4n) is 2.88. The fraction of sp³-hybridized carbons (Fsp3) is 0.0909.